The minimum Gasteiger partial charge on any atom is -0.228 e. The third kappa shape index (κ3) is 5.48. The van der Waals surface area contributed by atoms with E-state index in [1.54, 1.807) is 0 Å². The highest BCUT2D eigenvalue weighted by molar-refractivity contribution is 7.25. The van der Waals surface area contributed by atoms with Crippen molar-refractivity contribution in [3.63, 3.8) is 0 Å². The Kier molecular flexibility index (Phi) is 7.39. The second-order valence-corrected chi connectivity index (χ2v) is 15.2. The van der Waals surface area contributed by atoms with Crippen molar-refractivity contribution in [1.82, 2.24) is 9.97 Å². The molecule has 0 unspecified atom stereocenters. The zero-order chi connectivity index (χ0) is 36.3. The maximum Gasteiger partial charge on any atom is 0.160 e. The first-order valence-electron chi connectivity index (χ1n) is 18.6. The number of nitrogens with zero attached hydrogens (tertiary/aromatic N) is 2. The van der Waals surface area contributed by atoms with Gasteiger partial charge < -0.3 is 0 Å². The van der Waals surface area contributed by atoms with E-state index in [0.717, 1.165) is 33.6 Å². The van der Waals surface area contributed by atoms with Crippen LogP contribution in [0.25, 0.3) is 109 Å². The first-order valence-corrected chi connectivity index (χ1v) is 19.5. The number of fused-ring (bicyclic) bond motifs is 7. The Morgan fingerprint density at radius 3 is 1.75 bits per heavy atom. The van der Waals surface area contributed by atoms with Crippen LogP contribution in [-0.2, 0) is 0 Å². The molecule has 55 heavy (non-hydrogen) atoms. The molecular weight excluding hydrogens is 685 g/mol. The maximum atomic E-state index is 5.16. The van der Waals surface area contributed by atoms with Crippen molar-refractivity contribution in [3.05, 3.63) is 194 Å². The van der Waals surface area contributed by atoms with Crippen molar-refractivity contribution in [2.75, 3.05) is 0 Å². The summed E-state index contributed by atoms with van der Waals surface area (Å²) < 4.78 is 2.62. The van der Waals surface area contributed by atoms with E-state index in [0.29, 0.717) is 5.82 Å². The van der Waals surface area contributed by atoms with E-state index in [2.05, 4.69) is 176 Å². The second kappa shape index (κ2) is 12.9. The summed E-state index contributed by atoms with van der Waals surface area (Å²) >= 11 is 1.85. The summed E-state index contributed by atoms with van der Waals surface area (Å²) in [7, 11) is 0. The Hall–Kier alpha value is -6.94. The Balaban J connectivity index is 1.03. The Bertz CT molecular complexity index is 3250. The number of thiophene rings is 1. The highest BCUT2D eigenvalue weighted by Gasteiger charge is 2.15. The molecule has 11 rings (SSSR count). The first-order chi connectivity index (χ1) is 27.2. The molecule has 2 heterocycles. The van der Waals surface area contributed by atoms with Gasteiger partial charge in [0.05, 0.1) is 11.4 Å². The minimum atomic E-state index is 0.709. The third-order valence-electron chi connectivity index (χ3n) is 10.9. The number of hydrogen-bond acceptors (Lipinski definition) is 3. The summed E-state index contributed by atoms with van der Waals surface area (Å²) in [5.41, 5.74) is 9.67. The fourth-order valence-electron chi connectivity index (χ4n) is 8.16. The molecule has 2 aromatic heterocycles. The third-order valence-corrected chi connectivity index (χ3v) is 12.0. The average Bonchev–Trinajstić information content (AvgIpc) is 3.64. The molecule has 0 atom stereocenters. The van der Waals surface area contributed by atoms with E-state index in [1.165, 1.54) is 69.2 Å². The van der Waals surface area contributed by atoms with Gasteiger partial charge in [0.15, 0.2) is 5.82 Å². The van der Waals surface area contributed by atoms with Crippen molar-refractivity contribution in [3.8, 4) is 56.2 Å². The lowest BCUT2D eigenvalue weighted by Gasteiger charge is -2.15. The SMILES string of the molecule is c1ccc(-c2nc(-c3ccc(-c4c5ccccc5cc5c4ccc4ccccc45)cc3)cc(-c3cccc(-c4ccc5c(c4)sc4ccccc45)c3)n2)cc1. The molecule has 0 N–H and O–H groups in total. The number of benzene rings is 9. The molecule has 3 heteroatoms. The van der Waals surface area contributed by atoms with Gasteiger partial charge in [-0.05, 0) is 84.9 Å². The van der Waals surface area contributed by atoms with Crippen LogP contribution in [0.5, 0.6) is 0 Å². The molecule has 0 spiro atoms. The van der Waals surface area contributed by atoms with Crippen molar-refractivity contribution < 1.29 is 0 Å². The van der Waals surface area contributed by atoms with Crippen LogP contribution in [0.15, 0.2) is 194 Å². The van der Waals surface area contributed by atoms with Gasteiger partial charge in [0.25, 0.3) is 0 Å². The molecule has 0 amide bonds. The number of aromatic nitrogens is 2. The molecule has 0 fully saturated rings. The minimum absolute atomic E-state index is 0.709. The van der Waals surface area contributed by atoms with Gasteiger partial charge in [-0.25, -0.2) is 9.97 Å². The van der Waals surface area contributed by atoms with Gasteiger partial charge in [-0.2, -0.15) is 0 Å². The molecule has 0 bridgehead atoms. The van der Waals surface area contributed by atoms with Crippen molar-refractivity contribution in [1.29, 1.82) is 0 Å². The molecule has 0 aliphatic carbocycles. The molecule has 11 aromatic rings. The quantitative estimate of drug-likeness (QED) is 0.131. The van der Waals surface area contributed by atoms with Crippen LogP contribution in [0.4, 0.5) is 0 Å². The lowest BCUT2D eigenvalue weighted by atomic mass is 9.89. The largest absolute Gasteiger partial charge is 0.228 e. The van der Waals surface area contributed by atoms with Crippen LogP contribution < -0.4 is 0 Å². The Morgan fingerprint density at radius 1 is 0.291 bits per heavy atom. The van der Waals surface area contributed by atoms with Crippen molar-refractivity contribution in [2.24, 2.45) is 0 Å². The molecule has 0 saturated heterocycles. The van der Waals surface area contributed by atoms with Crippen LogP contribution in [0.1, 0.15) is 0 Å². The summed E-state index contributed by atoms with van der Waals surface area (Å²) in [6.07, 6.45) is 0. The normalized spacial score (nSPS) is 11.6. The van der Waals surface area contributed by atoms with E-state index in [9.17, 15) is 0 Å². The smallest absolute Gasteiger partial charge is 0.160 e. The lowest BCUT2D eigenvalue weighted by molar-refractivity contribution is 1.18. The fraction of sp³-hybridized carbons (Fsp3) is 0. The molecule has 0 aliphatic heterocycles. The molecule has 0 aliphatic rings. The second-order valence-electron chi connectivity index (χ2n) is 14.1. The van der Waals surface area contributed by atoms with Gasteiger partial charge in [-0.1, -0.05) is 164 Å². The highest BCUT2D eigenvalue weighted by atomic mass is 32.1. The topological polar surface area (TPSA) is 25.8 Å². The van der Waals surface area contributed by atoms with Gasteiger partial charge in [-0.3, -0.25) is 0 Å². The monoisotopic (exact) mass is 716 g/mol. The van der Waals surface area contributed by atoms with E-state index in [4.69, 9.17) is 9.97 Å². The van der Waals surface area contributed by atoms with Crippen molar-refractivity contribution >= 4 is 63.8 Å². The van der Waals surface area contributed by atoms with Gasteiger partial charge in [0, 0.05) is 36.9 Å². The van der Waals surface area contributed by atoms with E-state index < -0.39 is 0 Å². The summed E-state index contributed by atoms with van der Waals surface area (Å²) in [4.78, 5) is 10.3. The number of hydrogen-bond donors (Lipinski definition) is 0. The average molecular weight is 717 g/mol. The van der Waals surface area contributed by atoms with Crippen LogP contribution >= 0.6 is 11.3 Å². The first kappa shape index (κ1) is 31.6. The molecule has 0 saturated carbocycles. The molecule has 0 radical (unpaired) electrons. The number of rotatable bonds is 5. The van der Waals surface area contributed by atoms with E-state index >= 15 is 0 Å². The molecule has 256 valence electrons. The summed E-state index contributed by atoms with van der Waals surface area (Å²) in [6, 6.07) is 69.8. The van der Waals surface area contributed by atoms with Crippen molar-refractivity contribution in [2.45, 2.75) is 0 Å². The maximum absolute atomic E-state index is 5.16. The van der Waals surface area contributed by atoms with Gasteiger partial charge in [0.1, 0.15) is 0 Å². The van der Waals surface area contributed by atoms with Crippen LogP contribution in [-0.4, -0.2) is 9.97 Å². The van der Waals surface area contributed by atoms with Crippen LogP contribution in [0.2, 0.25) is 0 Å². The Morgan fingerprint density at radius 2 is 0.891 bits per heavy atom. The molecule has 2 nitrogen and oxygen atoms in total. The van der Waals surface area contributed by atoms with E-state index in [1.807, 2.05) is 29.5 Å². The molecule has 9 aromatic carbocycles. The Labute approximate surface area is 322 Å². The van der Waals surface area contributed by atoms with E-state index in [-0.39, 0.29) is 0 Å². The zero-order valence-corrected chi connectivity index (χ0v) is 30.6. The summed E-state index contributed by atoms with van der Waals surface area (Å²) in [5, 5.41) is 10.2. The van der Waals surface area contributed by atoms with Crippen LogP contribution in [0, 0.1) is 0 Å². The lowest BCUT2D eigenvalue weighted by Crippen LogP contribution is -1.96. The van der Waals surface area contributed by atoms with Crippen LogP contribution in [0.3, 0.4) is 0 Å². The highest BCUT2D eigenvalue weighted by Crippen LogP contribution is 2.41. The van der Waals surface area contributed by atoms with Gasteiger partial charge in [-0.15, -0.1) is 11.3 Å². The standard InChI is InChI=1S/C52H32N2S/c1-2-12-36(13-3-1)52-53-47(32-48(54-52)40-16-10-15-37(29-40)38-26-27-44-43-19-8-9-20-49(43)55-50(44)31-38)34-21-23-35(24-22-34)51-42-18-7-5-14-39(42)30-46-41-17-6-4-11-33(41)25-28-45(46)51/h1-32H. The van der Waals surface area contributed by atoms with Gasteiger partial charge in [0.2, 0.25) is 0 Å². The molecular formula is C52H32N2S. The summed E-state index contributed by atoms with van der Waals surface area (Å²) in [6.45, 7) is 0. The zero-order valence-electron chi connectivity index (χ0n) is 29.8. The predicted molar refractivity (Wildman–Crippen MR) is 235 cm³/mol. The summed E-state index contributed by atoms with van der Waals surface area (Å²) in [5.74, 6) is 0.709. The fourth-order valence-corrected chi connectivity index (χ4v) is 9.31. The predicted octanol–water partition coefficient (Wildman–Crippen LogP) is 14.6. The van der Waals surface area contributed by atoms with Gasteiger partial charge >= 0.3 is 0 Å².